The van der Waals surface area contributed by atoms with Gasteiger partial charge < -0.3 is 9.80 Å². The summed E-state index contributed by atoms with van der Waals surface area (Å²) in [5.74, 6) is 1.85. The fourth-order valence-electron chi connectivity index (χ4n) is 3.88. The molecule has 1 aliphatic rings. The molecule has 6 heteroatoms. The lowest BCUT2D eigenvalue weighted by molar-refractivity contribution is 0.0746. The van der Waals surface area contributed by atoms with Crippen molar-refractivity contribution in [1.82, 2.24) is 14.9 Å². The van der Waals surface area contributed by atoms with Gasteiger partial charge in [0.25, 0.3) is 5.91 Å². The minimum absolute atomic E-state index is 0.0983. The zero-order valence-electron chi connectivity index (χ0n) is 16.8. The Hall–Kier alpha value is -3.25. The molecule has 0 atom stereocenters. The van der Waals surface area contributed by atoms with Gasteiger partial charge in [-0.1, -0.05) is 48.5 Å². The molecule has 1 amide bonds. The number of hydrogen-bond acceptors (Lipinski definition) is 5. The number of thiophene rings is 1. The van der Waals surface area contributed by atoms with Gasteiger partial charge in [-0.15, -0.1) is 11.3 Å². The number of rotatable bonds is 3. The van der Waals surface area contributed by atoms with Crippen LogP contribution in [0.25, 0.3) is 20.7 Å². The summed E-state index contributed by atoms with van der Waals surface area (Å²) in [6.07, 6.45) is 0. The van der Waals surface area contributed by atoms with E-state index in [1.165, 1.54) is 10.4 Å². The molecule has 2 aromatic heterocycles. The summed E-state index contributed by atoms with van der Waals surface area (Å²) in [4.78, 5) is 28.6. The highest BCUT2D eigenvalue weighted by Crippen LogP contribution is 2.36. The number of aryl methyl sites for hydroxylation is 1. The number of hydrogen-bond donors (Lipinski definition) is 0. The van der Waals surface area contributed by atoms with E-state index < -0.39 is 0 Å². The number of carbonyl (C=O) groups excluding carboxylic acids is 1. The van der Waals surface area contributed by atoms with E-state index in [-0.39, 0.29) is 5.91 Å². The monoisotopic (exact) mass is 414 g/mol. The first kappa shape index (κ1) is 18.8. The van der Waals surface area contributed by atoms with Crippen LogP contribution in [0.4, 0.5) is 5.82 Å². The molecule has 0 unspecified atom stereocenters. The topological polar surface area (TPSA) is 49.3 Å². The average molecular weight is 415 g/mol. The van der Waals surface area contributed by atoms with Crippen LogP contribution in [0.3, 0.4) is 0 Å². The van der Waals surface area contributed by atoms with Gasteiger partial charge in [0.1, 0.15) is 16.5 Å². The van der Waals surface area contributed by atoms with Crippen LogP contribution >= 0.6 is 11.3 Å². The quantitative estimate of drug-likeness (QED) is 0.490. The highest BCUT2D eigenvalue weighted by molar-refractivity contribution is 7.21. The van der Waals surface area contributed by atoms with Crippen molar-refractivity contribution >= 4 is 33.3 Å². The Morgan fingerprint density at radius 2 is 1.57 bits per heavy atom. The Labute approximate surface area is 179 Å². The molecule has 0 aliphatic carbocycles. The fourth-order valence-corrected chi connectivity index (χ4v) is 4.96. The van der Waals surface area contributed by atoms with Gasteiger partial charge >= 0.3 is 0 Å². The Morgan fingerprint density at radius 1 is 0.900 bits per heavy atom. The summed E-state index contributed by atoms with van der Waals surface area (Å²) in [6.45, 7) is 4.85. The van der Waals surface area contributed by atoms with E-state index in [4.69, 9.17) is 4.98 Å². The van der Waals surface area contributed by atoms with Crippen molar-refractivity contribution in [1.29, 1.82) is 0 Å². The first-order chi connectivity index (χ1) is 14.7. The second-order valence-electron chi connectivity index (χ2n) is 7.44. The minimum Gasteiger partial charge on any atom is -0.352 e. The number of aromatic nitrogens is 2. The lowest BCUT2D eigenvalue weighted by atomic mass is 10.1. The maximum absolute atomic E-state index is 12.8. The molecule has 150 valence electrons. The second kappa shape index (κ2) is 7.88. The molecule has 0 spiro atoms. The Kier molecular flexibility index (Phi) is 4.93. The van der Waals surface area contributed by atoms with Crippen LogP contribution in [0.2, 0.25) is 0 Å². The van der Waals surface area contributed by atoms with E-state index in [1.54, 1.807) is 11.3 Å². The number of nitrogens with zero attached hydrogens (tertiary/aromatic N) is 4. The molecular formula is C24H22N4OS. The number of fused-ring (bicyclic) bond motifs is 1. The summed E-state index contributed by atoms with van der Waals surface area (Å²) >= 11 is 1.70. The standard InChI is InChI=1S/C24H22N4OS/c1-17-25-22(20-16-21(30-23(20)26-17)18-8-4-2-5-9-18)27-12-14-28(15-13-27)24(29)19-10-6-3-7-11-19/h2-11,16H,12-15H2,1H3. The molecule has 4 aromatic rings. The molecule has 5 nitrogen and oxygen atoms in total. The number of amides is 1. The maximum atomic E-state index is 12.8. The van der Waals surface area contributed by atoms with Gasteiger partial charge in [-0.2, -0.15) is 0 Å². The van der Waals surface area contributed by atoms with Crippen molar-refractivity contribution in [2.45, 2.75) is 6.92 Å². The maximum Gasteiger partial charge on any atom is 0.253 e. The molecule has 0 N–H and O–H groups in total. The van der Waals surface area contributed by atoms with E-state index in [0.29, 0.717) is 13.1 Å². The summed E-state index contributed by atoms with van der Waals surface area (Å²) in [6, 6.07) is 22.1. The van der Waals surface area contributed by atoms with Gasteiger partial charge in [0.2, 0.25) is 0 Å². The van der Waals surface area contributed by atoms with Crippen molar-refractivity contribution in [3.63, 3.8) is 0 Å². The second-order valence-corrected chi connectivity index (χ2v) is 8.47. The van der Waals surface area contributed by atoms with Gasteiger partial charge in [0.15, 0.2) is 0 Å². The number of anilines is 1. The molecule has 3 heterocycles. The van der Waals surface area contributed by atoms with Gasteiger partial charge in [0.05, 0.1) is 5.39 Å². The largest absolute Gasteiger partial charge is 0.352 e. The van der Waals surface area contributed by atoms with Crippen molar-refractivity contribution in [2.75, 3.05) is 31.1 Å². The van der Waals surface area contributed by atoms with Crippen LogP contribution in [-0.4, -0.2) is 47.0 Å². The molecule has 2 aromatic carbocycles. The van der Waals surface area contributed by atoms with Crippen LogP contribution in [-0.2, 0) is 0 Å². The lowest BCUT2D eigenvalue weighted by Crippen LogP contribution is -2.49. The smallest absolute Gasteiger partial charge is 0.253 e. The SMILES string of the molecule is Cc1nc(N2CCN(C(=O)c3ccccc3)CC2)c2cc(-c3ccccc3)sc2n1. The highest BCUT2D eigenvalue weighted by atomic mass is 32.1. The Bertz CT molecular complexity index is 1180. The molecular weight excluding hydrogens is 392 g/mol. The van der Waals surface area contributed by atoms with E-state index in [1.807, 2.05) is 48.2 Å². The van der Waals surface area contributed by atoms with E-state index in [0.717, 1.165) is 40.5 Å². The number of carbonyl (C=O) groups is 1. The van der Waals surface area contributed by atoms with Crippen LogP contribution in [0, 0.1) is 6.92 Å². The molecule has 30 heavy (non-hydrogen) atoms. The molecule has 0 bridgehead atoms. The normalized spacial score (nSPS) is 14.3. The summed E-state index contributed by atoms with van der Waals surface area (Å²) < 4.78 is 0. The molecule has 0 saturated carbocycles. The lowest BCUT2D eigenvalue weighted by Gasteiger charge is -2.35. The highest BCUT2D eigenvalue weighted by Gasteiger charge is 2.25. The fraction of sp³-hybridized carbons (Fsp3) is 0.208. The van der Waals surface area contributed by atoms with Gasteiger partial charge in [-0.25, -0.2) is 9.97 Å². The number of benzene rings is 2. The van der Waals surface area contributed by atoms with E-state index >= 15 is 0 Å². The minimum atomic E-state index is 0.0983. The summed E-state index contributed by atoms with van der Waals surface area (Å²) in [7, 11) is 0. The predicted octanol–water partition coefficient (Wildman–Crippen LogP) is 4.63. The van der Waals surface area contributed by atoms with Gasteiger partial charge in [0, 0.05) is 36.6 Å². The third kappa shape index (κ3) is 3.55. The molecule has 1 aliphatic heterocycles. The zero-order chi connectivity index (χ0) is 20.5. The zero-order valence-corrected chi connectivity index (χ0v) is 17.6. The van der Waals surface area contributed by atoms with Crippen LogP contribution in [0.5, 0.6) is 0 Å². The summed E-state index contributed by atoms with van der Waals surface area (Å²) in [5, 5.41) is 1.09. The van der Waals surface area contributed by atoms with Crippen molar-refractivity contribution in [2.24, 2.45) is 0 Å². The first-order valence-electron chi connectivity index (χ1n) is 10.1. The van der Waals surface area contributed by atoms with Crippen LogP contribution < -0.4 is 4.90 Å². The Morgan fingerprint density at radius 3 is 2.27 bits per heavy atom. The first-order valence-corrected chi connectivity index (χ1v) is 10.9. The van der Waals surface area contributed by atoms with E-state index in [2.05, 4.69) is 40.2 Å². The van der Waals surface area contributed by atoms with Crippen LogP contribution in [0.15, 0.2) is 66.7 Å². The Balaban J connectivity index is 1.40. The average Bonchev–Trinajstić information content (AvgIpc) is 3.23. The molecule has 1 fully saturated rings. The summed E-state index contributed by atoms with van der Waals surface area (Å²) in [5.41, 5.74) is 1.94. The molecule has 1 saturated heterocycles. The third-order valence-corrected chi connectivity index (χ3v) is 6.51. The van der Waals surface area contributed by atoms with Crippen molar-refractivity contribution in [3.8, 4) is 10.4 Å². The number of piperazine rings is 1. The van der Waals surface area contributed by atoms with Crippen molar-refractivity contribution in [3.05, 3.63) is 78.1 Å². The van der Waals surface area contributed by atoms with Gasteiger partial charge in [-0.05, 0) is 30.7 Å². The third-order valence-electron chi connectivity index (χ3n) is 5.43. The van der Waals surface area contributed by atoms with Crippen molar-refractivity contribution < 1.29 is 4.79 Å². The predicted molar refractivity (Wildman–Crippen MR) is 122 cm³/mol. The van der Waals surface area contributed by atoms with Crippen LogP contribution in [0.1, 0.15) is 16.2 Å². The van der Waals surface area contributed by atoms with Gasteiger partial charge in [-0.3, -0.25) is 4.79 Å². The van der Waals surface area contributed by atoms with E-state index in [9.17, 15) is 4.79 Å². The molecule has 5 rings (SSSR count). The molecule has 0 radical (unpaired) electrons.